The predicted octanol–water partition coefficient (Wildman–Crippen LogP) is 3.02. The Labute approximate surface area is 122 Å². The second kappa shape index (κ2) is 7.32. The number of nitrogens with zero attached hydrogens (tertiary/aromatic N) is 1. The molecule has 1 fully saturated rings. The molecule has 2 atom stereocenters. The van der Waals surface area contributed by atoms with E-state index in [4.69, 9.17) is 0 Å². The molecule has 2 nitrogen and oxygen atoms in total. The maximum atomic E-state index is 3.72. The number of thioether (sulfide) groups is 1. The standard InChI is InChI=1S/C16H26N2S/c1-13(2)16-11-17-15(12-18(16)9-10-19-3)14-7-5-4-6-8-14/h4-8,13,15-17H,9-12H2,1-3H3. The minimum absolute atomic E-state index is 0.484. The molecule has 3 heteroatoms. The number of nitrogens with one attached hydrogen (secondary N) is 1. The van der Waals surface area contributed by atoms with E-state index in [-0.39, 0.29) is 0 Å². The van der Waals surface area contributed by atoms with Crippen molar-refractivity contribution < 1.29 is 0 Å². The van der Waals surface area contributed by atoms with Crippen LogP contribution in [0.4, 0.5) is 0 Å². The zero-order valence-electron chi connectivity index (χ0n) is 12.3. The van der Waals surface area contributed by atoms with Crippen molar-refractivity contribution in [2.75, 3.05) is 31.6 Å². The first kappa shape index (κ1) is 14.9. The van der Waals surface area contributed by atoms with E-state index in [1.807, 2.05) is 11.8 Å². The average Bonchev–Trinajstić information content (AvgIpc) is 2.45. The number of hydrogen-bond donors (Lipinski definition) is 1. The van der Waals surface area contributed by atoms with Crippen LogP contribution in [0.1, 0.15) is 25.5 Å². The van der Waals surface area contributed by atoms with Gasteiger partial charge < -0.3 is 5.32 Å². The number of rotatable bonds is 5. The highest BCUT2D eigenvalue weighted by molar-refractivity contribution is 7.98. The number of piperazine rings is 1. The molecule has 1 aliphatic rings. The summed E-state index contributed by atoms with van der Waals surface area (Å²) in [6.45, 7) is 8.11. The van der Waals surface area contributed by atoms with E-state index in [1.54, 1.807) is 0 Å². The summed E-state index contributed by atoms with van der Waals surface area (Å²) in [7, 11) is 0. The Kier molecular flexibility index (Phi) is 5.74. The second-order valence-corrected chi connectivity index (χ2v) is 6.66. The van der Waals surface area contributed by atoms with Crippen LogP contribution < -0.4 is 5.32 Å². The summed E-state index contributed by atoms with van der Waals surface area (Å²) in [5.74, 6) is 1.94. The molecular weight excluding hydrogens is 252 g/mol. The highest BCUT2D eigenvalue weighted by Crippen LogP contribution is 2.23. The van der Waals surface area contributed by atoms with E-state index in [0.717, 1.165) is 13.1 Å². The Balaban J connectivity index is 2.03. The SMILES string of the molecule is CSCCN1CC(c2ccccc2)NCC1C(C)C. The third-order valence-corrected chi connectivity index (χ3v) is 4.60. The van der Waals surface area contributed by atoms with Crippen LogP contribution in [0.5, 0.6) is 0 Å². The minimum Gasteiger partial charge on any atom is -0.307 e. The molecular formula is C16H26N2S. The van der Waals surface area contributed by atoms with Gasteiger partial charge in [0.25, 0.3) is 0 Å². The molecule has 0 spiro atoms. The Morgan fingerprint density at radius 3 is 2.68 bits per heavy atom. The van der Waals surface area contributed by atoms with E-state index in [0.29, 0.717) is 18.0 Å². The van der Waals surface area contributed by atoms with Crippen LogP contribution in [0.2, 0.25) is 0 Å². The molecule has 1 N–H and O–H groups in total. The molecule has 2 rings (SSSR count). The Bertz CT molecular complexity index is 366. The van der Waals surface area contributed by atoms with Crippen molar-refractivity contribution in [3.05, 3.63) is 35.9 Å². The van der Waals surface area contributed by atoms with Gasteiger partial charge in [0.05, 0.1) is 0 Å². The first-order valence-electron chi connectivity index (χ1n) is 7.23. The second-order valence-electron chi connectivity index (χ2n) is 5.67. The Hall–Kier alpha value is -0.510. The summed E-state index contributed by atoms with van der Waals surface area (Å²) >= 11 is 1.94. The molecule has 0 aromatic heterocycles. The number of benzene rings is 1. The van der Waals surface area contributed by atoms with Gasteiger partial charge in [-0.2, -0.15) is 11.8 Å². The van der Waals surface area contributed by atoms with Gasteiger partial charge in [0.15, 0.2) is 0 Å². The van der Waals surface area contributed by atoms with Crippen LogP contribution in [0.15, 0.2) is 30.3 Å². The van der Waals surface area contributed by atoms with Gasteiger partial charge in [-0.15, -0.1) is 0 Å². The first-order valence-corrected chi connectivity index (χ1v) is 8.63. The molecule has 0 radical (unpaired) electrons. The van der Waals surface area contributed by atoms with E-state index < -0.39 is 0 Å². The number of hydrogen-bond acceptors (Lipinski definition) is 3. The summed E-state index contributed by atoms with van der Waals surface area (Å²) in [6.07, 6.45) is 2.20. The van der Waals surface area contributed by atoms with Crippen molar-refractivity contribution in [1.29, 1.82) is 0 Å². The van der Waals surface area contributed by atoms with Crippen LogP contribution >= 0.6 is 11.8 Å². The normalized spacial score (nSPS) is 24.8. The molecule has 1 heterocycles. The lowest BCUT2D eigenvalue weighted by atomic mass is 9.96. The quantitative estimate of drug-likeness (QED) is 0.891. The third-order valence-electron chi connectivity index (χ3n) is 4.01. The van der Waals surface area contributed by atoms with Gasteiger partial charge in [0.2, 0.25) is 0 Å². The summed E-state index contributed by atoms with van der Waals surface area (Å²) in [6, 6.07) is 12.0. The minimum atomic E-state index is 0.484. The molecule has 106 valence electrons. The molecule has 1 aromatic rings. The maximum absolute atomic E-state index is 3.72. The summed E-state index contributed by atoms with van der Waals surface area (Å²) in [5.41, 5.74) is 1.42. The molecule has 2 unspecified atom stereocenters. The van der Waals surface area contributed by atoms with Gasteiger partial charge in [0.1, 0.15) is 0 Å². The van der Waals surface area contributed by atoms with Gasteiger partial charge in [-0.25, -0.2) is 0 Å². The van der Waals surface area contributed by atoms with Crippen molar-refractivity contribution in [2.45, 2.75) is 25.9 Å². The first-order chi connectivity index (χ1) is 9.22. The fourth-order valence-electron chi connectivity index (χ4n) is 2.86. The van der Waals surface area contributed by atoms with Crippen molar-refractivity contribution in [3.63, 3.8) is 0 Å². The Morgan fingerprint density at radius 2 is 2.05 bits per heavy atom. The van der Waals surface area contributed by atoms with E-state index in [9.17, 15) is 0 Å². The lowest BCUT2D eigenvalue weighted by molar-refractivity contribution is 0.106. The highest BCUT2D eigenvalue weighted by Gasteiger charge is 2.29. The van der Waals surface area contributed by atoms with Gasteiger partial charge in [0, 0.05) is 37.5 Å². The van der Waals surface area contributed by atoms with Crippen molar-refractivity contribution in [3.8, 4) is 0 Å². The van der Waals surface area contributed by atoms with Crippen LogP contribution in [0.3, 0.4) is 0 Å². The Morgan fingerprint density at radius 1 is 1.32 bits per heavy atom. The van der Waals surface area contributed by atoms with Gasteiger partial charge >= 0.3 is 0 Å². The molecule has 19 heavy (non-hydrogen) atoms. The van der Waals surface area contributed by atoms with Crippen LogP contribution in [0.25, 0.3) is 0 Å². The zero-order chi connectivity index (χ0) is 13.7. The summed E-state index contributed by atoms with van der Waals surface area (Å²) in [5, 5.41) is 3.72. The van der Waals surface area contributed by atoms with Crippen LogP contribution in [-0.2, 0) is 0 Å². The largest absolute Gasteiger partial charge is 0.307 e. The van der Waals surface area contributed by atoms with Crippen molar-refractivity contribution >= 4 is 11.8 Å². The molecule has 1 saturated heterocycles. The maximum Gasteiger partial charge on any atom is 0.0449 e. The van der Waals surface area contributed by atoms with Gasteiger partial charge in [-0.05, 0) is 17.7 Å². The topological polar surface area (TPSA) is 15.3 Å². The lowest BCUT2D eigenvalue weighted by Crippen LogP contribution is -2.55. The van der Waals surface area contributed by atoms with E-state index in [2.05, 4.69) is 60.7 Å². The van der Waals surface area contributed by atoms with Crippen LogP contribution in [-0.4, -0.2) is 42.6 Å². The molecule has 1 aromatic carbocycles. The third kappa shape index (κ3) is 3.98. The zero-order valence-corrected chi connectivity index (χ0v) is 13.1. The monoisotopic (exact) mass is 278 g/mol. The smallest absolute Gasteiger partial charge is 0.0449 e. The van der Waals surface area contributed by atoms with Crippen molar-refractivity contribution in [1.82, 2.24) is 10.2 Å². The molecule has 0 amide bonds. The molecule has 0 bridgehead atoms. The fourth-order valence-corrected chi connectivity index (χ4v) is 3.28. The fraction of sp³-hybridized carbons (Fsp3) is 0.625. The van der Waals surface area contributed by atoms with Crippen LogP contribution in [0, 0.1) is 5.92 Å². The summed E-state index contributed by atoms with van der Waals surface area (Å²) in [4.78, 5) is 2.68. The van der Waals surface area contributed by atoms with E-state index in [1.165, 1.54) is 17.9 Å². The average molecular weight is 278 g/mol. The predicted molar refractivity (Wildman–Crippen MR) is 85.8 cm³/mol. The van der Waals surface area contributed by atoms with Crippen molar-refractivity contribution in [2.24, 2.45) is 5.92 Å². The van der Waals surface area contributed by atoms with Gasteiger partial charge in [-0.1, -0.05) is 44.2 Å². The molecule has 0 saturated carbocycles. The lowest BCUT2D eigenvalue weighted by Gasteiger charge is -2.42. The molecule has 0 aliphatic carbocycles. The summed E-state index contributed by atoms with van der Waals surface area (Å²) < 4.78 is 0. The highest BCUT2D eigenvalue weighted by atomic mass is 32.2. The van der Waals surface area contributed by atoms with E-state index >= 15 is 0 Å². The van der Waals surface area contributed by atoms with Gasteiger partial charge in [-0.3, -0.25) is 4.90 Å². The molecule has 1 aliphatic heterocycles.